The maximum atomic E-state index is 12.6. The zero-order valence-electron chi connectivity index (χ0n) is 17.7. The predicted octanol–water partition coefficient (Wildman–Crippen LogP) is 2.31. The van der Waals surface area contributed by atoms with Crippen molar-refractivity contribution in [3.63, 3.8) is 0 Å². The Balaban J connectivity index is 1.23. The van der Waals surface area contributed by atoms with E-state index in [1.807, 2.05) is 6.07 Å². The lowest BCUT2D eigenvalue weighted by Crippen LogP contribution is -2.41. The highest BCUT2D eigenvalue weighted by Gasteiger charge is 2.22. The summed E-state index contributed by atoms with van der Waals surface area (Å²) in [5, 5.41) is 16.6. The number of aliphatic hydroxyl groups is 1. The first kappa shape index (κ1) is 20.8. The van der Waals surface area contributed by atoms with Gasteiger partial charge in [0.1, 0.15) is 5.82 Å². The van der Waals surface area contributed by atoms with Crippen molar-refractivity contribution in [2.24, 2.45) is 0 Å². The Hall–Kier alpha value is -2.44. The summed E-state index contributed by atoms with van der Waals surface area (Å²) in [6.07, 6.45) is 7.92. The molecule has 6 nitrogen and oxygen atoms in total. The van der Waals surface area contributed by atoms with Crippen molar-refractivity contribution in [3.8, 4) is 0 Å². The minimum Gasteiger partial charge on any atom is -0.390 e. The van der Waals surface area contributed by atoms with Crippen molar-refractivity contribution >= 4 is 11.7 Å². The Morgan fingerprint density at radius 3 is 2.57 bits per heavy atom. The fourth-order valence-corrected chi connectivity index (χ4v) is 4.62. The number of rotatable bonds is 8. The fourth-order valence-electron chi connectivity index (χ4n) is 4.62. The van der Waals surface area contributed by atoms with Gasteiger partial charge in [0, 0.05) is 44.0 Å². The number of fused-ring (bicyclic) bond motifs is 1. The highest BCUT2D eigenvalue weighted by molar-refractivity contribution is 5.94. The number of benzene rings is 1. The lowest BCUT2D eigenvalue weighted by atomic mass is 10.1. The van der Waals surface area contributed by atoms with Crippen LogP contribution >= 0.6 is 0 Å². The Bertz CT molecular complexity index is 841. The lowest BCUT2D eigenvalue weighted by Gasteiger charge is -2.25. The van der Waals surface area contributed by atoms with Crippen molar-refractivity contribution < 1.29 is 9.90 Å². The van der Waals surface area contributed by atoms with E-state index in [0.29, 0.717) is 24.2 Å². The number of aromatic nitrogens is 1. The first-order valence-electron chi connectivity index (χ1n) is 11.1. The van der Waals surface area contributed by atoms with Crippen LogP contribution in [0.5, 0.6) is 0 Å². The third kappa shape index (κ3) is 4.99. The van der Waals surface area contributed by atoms with Crippen LogP contribution in [-0.2, 0) is 12.8 Å². The molecule has 0 spiro atoms. The minimum atomic E-state index is -0.625. The van der Waals surface area contributed by atoms with E-state index >= 15 is 0 Å². The first-order valence-corrected chi connectivity index (χ1v) is 11.1. The van der Waals surface area contributed by atoms with Crippen LogP contribution in [0.3, 0.4) is 0 Å². The Kier molecular flexibility index (Phi) is 6.65. The highest BCUT2D eigenvalue weighted by atomic mass is 16.3. The van der Waals surface area contributed by atoms with E-state index in [1.54, 1.807) is 12.3 Å². The largest absolute Gasteiger partial charge is 0.390 e. The van der Waals surface area contributed by atoms with E-state index in [-0.39, 0.29) is 12.5 Å². The zero-order chi connectivity index (χ0) is 20.9. The van der Waals surface area contributed by atoms with Crippen molar-refractivity contribution in [2.75, 3.05) is 25.0 Å². The molecule has 3 N–H and O–H groups in total. The number of hydrogen-bond acceptors (Lipinski definition) is 5. The average Bonchev–Trinajstić information content (AvgIpc) is 3.45. The number of hydrogen-bond donors (Lipinski definition) is 3. The van der Waals surface area contributed by atoms with Crippen LogP contribution in [0, 0.1) is 0 Å². The molecule has 2 aromatic rings. The molecule has 1 heterocycles. The van der Waals surface area contributed by atoms with Crippen LogP contribution in [0.15, 0.2) is 42.6 Å². The molecular weight excluding hydrogens is 376 g/mol. The van der Waals surface area contributed by atoms with E-state index in [9.17, 15) is 9.90 Å². The Morgan fingerprint density at radius 1 is 1.17 bits per heavy atom. The summed E-state index contributed by atoms with van der Waals surface area (Å²) in [4.78, 5) is 19.2. The topological polar surface area (TPSA) is 77.5 Å². The molecule has 1 amide bonds. The number of nitrogens with one attached hydrogen (secondary N) is 2. The monoisotopic (exact) mass is 408 g/mol. The van der Waals surface area contributed by atoms with Crippen molar-refractivity contribution in [3.05, 3.63) is 59.3 Å². The van der Waals surface area contributed by atoms with E-state index < -0.39 is 6.10 Å². The average molecular weight is 409 g/mol. The van der Waals surface area contributed by atoms with Gasteiger partial charge in [-0.2, -0.15) is 0 Å². The number of amides is 1. The third-order valence-electron chi connectivity index (χ3n) is 6.43. The van der Waals surface area contributed by atoms with Gasteiger partial charge < -0.3 is 20.6 Å². The molecule has 1 atom stereocenters. The molecule has 4 rings (SSSR count). The lowest BCUT2D eigenvalue weighted by molar-refractivity contribution is 0.0914. The standard InChI is InChI=1S/C24H32N4O2/c1-28(21-8-4-5-9-21)23-14-19(10-11-25-23)24(30)27-16-22(29)15-26-20-12-17-6-2-3-7-18(17)13-20/h2-3,6-7,10-11,14,20-22,26,29H,4-5,8-9,12-13,15-16H2,1H3,(H,27,30). The van der Waals surface area contributed by atoms with Crippen molar-refractivity contribution in [1.82, 2.24) is 15.6 Å². The number of carbonyl (C=O) groups excluding carboxylic acids is 1. The van der Waals surface area contributed by atoms with Crippen LogP contribution in [0.2, 0.25) is 0 Å². The maximum Gasteiger partial charge on any atom is 0.251 e. The molecule has 1 aromatic heterocycles. The summed E-state index contributed by atoms with van der Waals surface area (Å²) in [6, 6.07) is 12.9. The molecule has 1 saturated carbocycles. The summed E-state index contributed by atoms with van der Waals surface area (Å²) in [7, 11) is 2.05. The normalized spacial score (nSPS) is 17.7. The quantitative estimate of drug-likeness (QED) is 0.625. The number of anilines is 1. The van der Waals surface area contributed by atoms with Crippen LogP contribution in [0.4, 0.5) is 5.82 Å². The molecule has 1 unspecified atom stereocenters. The zero-order valence-corrected chi connectivity index (χ0v) is 17.7. The number of carbonyl (C=O) groups is 1. The molecule has 0 radical (unpaired) electrons. The van der Waals surface area contributed by atoms with E-state index in [2.05, 4.69) is 51.8 Å². The molecule has 1 fully saturated rings. The highest BCUT2D eigenvalue weighted by Crippen LogP contribution is 2.26. The number of nitrogens with zero attached hydrogens (tertiary/aromatic N) is 2. The van der Waals surface area contributed by atoms with Crippen LogP contribution in [-0.4, -0.2) is 54.3 Å². The van der Waals surface area contributed by atoms with E-state index in [0.717, 1.165) is 18.7 Å². The molecule has 160 valence electrons. The van der Waals surface area contributed by atoms with Crippen molar-refractivity contribution in [2.45, 2.75) is 56.7 Å². The van der Waals surface area contributed by atoms with Crippen molar-refractivity contribution in [1.29, 1.82) is 0 Å². The fraction of sp³-hybridized carbons (Fsp3) is 0.500. The van der Waals surface area contributed by atoms with Gasteiger partial charge >= 0.3 is 0 Å². The Morgan fingerprint density at radius 2 is 1.87 bits per heavy atom. The second kappa shape index (κ2) is 9.58. The van der Waals surface area contributed by atoms with Gasteiger partial charge in [-0.25, -0.2) is 4.98 Å². The van der Waals surface area contributed by atoms with Gasteiger partial charge in [0.05, 0.1) is 6.10 Å². The second-order valence-electron chi connectivity index (χ2n) is 8.60. The Labute approximate surface area is 178 Å². The minimum absolute atomic E-state index is 0.175. The maximum absolute atomic E-state index is 12.6. The smallest absolute Gasteiger partial charge is 0.251 e. The summed E-state index contributed by atoms with van der Waals surface area (Å²) >= 11 is 0. The molecule has 0 bridgehead atoms. The molecule has 2 aliphatic carbocycles. The molecule has 6 heteroatoms. The van der Waals surface area contributed by atoms with Crippen LogP contribution < -0.4 is 15.5 Å². The molecule has 0 saturated heterocycles. The summed E-state index contributed by atoms with van der Waals surface area (Å²) in [5.74, 6) is 0.656. The molecule has 0 aliphatic heterocycles. The van der Waals surface area contributed by atoms with Gasteiger partial charge in [-0.1, -0.05) is 37.1 Å². The molecule has 1 aromatic carbocycles. The SMILES string of the molecule is CN(c1cc(C(=O)NCC(O)CNC2Cc3ccccc3C2)ccn1)C1CCCC1. The molecular formula is C24H32N4O2. The first-order chi connectivity index (χ1) is 14.6. The van der Waals surface area contributed by atoms with Crippen LogP contribution in [0.25, 0.3) is 0 Å². The van der Waals surface area contributed by atoms with E-state index in [4.69, 9.17) is 0 Å². The molecule has 2 aliphatic rings. The van der Waals surface area contributed by atoms with Crippen LogP contribution in [0.1, 0.15) is 47.2 Å². The summed E-state index contributed by atoms with van der Waals surface area (Å²) in [6.45, 7) is 0.687. The van der Waals surface area contributed by atoms with Gasteiger partial charge in [0.25, 0.3) is 5.91 Å². The third-order valence-corrected chi connectivity index (χ3v) is 6.43. The van der Waals surface area contributed by atoms with E-state index in [1.165, 1.54) is 36.8 Å². The summed E-state index contributed by atoms with van der Waals surface area (Å²) in [5.41, 5.74) is 3.35. The van der Waals surface area contributed by atoms with Gasteiger partial charge in [0.15, 0.2) is 0 Å². The molecule has 30 heavy (non-hydrogen) atoms. The number of aliphatic hydroxyl groups excluding tert-OH is 1. The number of pyridine rings is 1. The summed E-state index contributed by atoms with van der Waals surface area (Å²) < 4.78 is 0. The van der Waals surface area contributed by atoms with Gasteiger partial charge in [-0.3, -0.25) is 4.79 Å². The second-order valence-corrected chi connectivity index (χ2v) is 8.60. The van der Waals surface area contributed by atoms with Gasteiger partial charge in [-0.15, -0.1) is 0 Å². The van der Waals surface area contributed by atoms with Gasteiger partial charge in [0.2, 0.25) is 0 Å². The predicted molar refractivity (Wildman–Crippen MR) is 119 cm³/mol. The van der Waals surface area contributed by atoms with Gasteiger partial charge in [-0.05, 0) is 48.9 Å².